The van der Waals surface area contributed by atoms with Gasteiger partial charge in [0, 0.05) is 6.54 Å². The number of nitrogens with one attached hydrogen (secondary N) is 2. The van der Waals surface area contributed by atoms with Crippen LogP contribution < -0.4 is 21.5 Å². The number of urea groups is 1. The Morgan fingerprint density at radius 3 is 2.36 bits per heavy atom. The molecule has 0 spiro atoms. The van der Waals surface area contributed by atoms with Crippen LogP contribution in [-0.2, 0) is 14.8 Å². The lowest BCUT2D eigenvalue weighted by molar-refractivity contribution is -0.139. The van der Waals surface area contributed by atoms with Crippen LogP contribution in [0.15, 0.2) is 34.2 Å². The zero-order valence-electron chi connectivity index (χ0n) is 13.6. The van der Waals surface area contributed by atoms with E-state index in [0.717, 1.165) is 5.56 Å². The van der Waals surface area contributed by atoms with Crippen molar-refractivity contribution in [2.75, 3.05) is 6.54 Å². The molecule has 0 fully saturated rings. The molecule has 1 atom stereocenters. The van der Waals surface area contributed by atoms with E-state index in [0.29, 0.717) is 6.42 Å². The maximum Gasteiger partial charge on any atom is 0.329 e. The maximum absolute atomic E-state index is 12.1. The van der Waals surface area contributed by atoms with Crippen molar-refractivity contribution in [1.82, 2.24) is 10.0 Å². The van der Waals surface area contributed by atoms with E-state index in [1.54, 1.807) is 23.8 Å². The minimum Gasteiger partial charge on any atom is -0.480 e. The summed E-state index contributed by atoms with van der Waals surface area (Å²) in [6.45, 7) is 1.98. The fourth-order valence-corrected chi connectivity index (χ4v) is 2.76. The summed E-state index contributed by atoms with van der Waals surface area (Å²) in [5, 5.41) is 11.2. The average molecular weight is 371 g/mol. The second kappa shape index (κ2) is 8.87. The summed E-state index contributed by atoms with van der Waals surface area (Å²) in [5.41, 5.74) is 11.2. The third-order valence-corrected chi connectivity index (χ3v) is 4.45. The lowest BCUT2D eigenvalue weighted by Gasteiger charge is -2.15. The number of nitrogens with zero attached hydrogens (tertiary/aromatic N) is 1. The molecule has 10 nitrogen and oxygen atoms in total. The van der Waals surface area contributed by atoms with Crippen LogP contribution in [0.1, 0.15) is 18.4 Å². The van der Waals surface area contributed by atoms with E-state index < -0.39 is 28.1 Å². The van der Waals surface area contributed by atoms with E-state index >= 15 is 0 Å². The number of carboxylic acid groups (broad SMARTS) is 1. The minimum absolute atomic E-state index is 0.0319. The number of carbonyl (C=O) groups is 2. The highest BCUT2D eigenvalue weighted by atomic mass is 32.2. The summed E-state index contributed by atoms with van der Waals surface area (Å²) in [7, 11) is -4.09. The predicted octanol–water partition coefficient (Wildman–Crippen LogP) is -0.510. The number of aliphatic imine (C=N–C) groups is 1. The molecule has 0 heterocycles. The molecule has 1 aromatic rings. The Kier molecular flexibility index (Phi) is 7.18. The van der Waals surface area contributed by atoms with Gasteiger partial charge in [0.25, 0.3) is 10.0 Å². The van der Waals surface area contributed by atoms with Gasteiger partial charge in [0.2, 0.25) is 0 Å². The monoisotopic (exact) mass is 371 g/mol. The summed E-state index contributed by atoms with van der Waals surface area (Å²) < 4.78 is 25.9. The third-order valence-electron chi connectivity index (χ3n) is 3.11. The number of rotatable bonds is 8. The molecule has 0 aliphatic rings. The van der Waals surface area contributed by atoms with Crippen LogP contribution in [0.4, 0.5) is 4.79 Å². The number of benzene rings is 1. The second-order valence-electron chi connectivity index (χ2n) is 5.23. The third kappa shape index (κ3) is 7.08. The molecule has 0 bridgehead atoms. The number of hydrogen-bond acceptors (Lipinski definition) is 5. The first-order chi connectivity index (χ1) is 11.6. The predicted molar refractivity (Wildman–Crippen MR) is 91.4 cm³/mol. The van der Waals surface area contributed by atoms with Crippen molar-refractivity contribution < 1.29 is 23.1 Å². The van der Waals surface area contributed by atoms with Gasteiger partial charge in [0.1, 0.15) is 6.04 Å². The summed E-state index contributed by atoms with van der Waals surface area (Å²) in [6, 6.07) is 3.44. The molecule has 11 heteroatoms. The number of hydrogen-bond donors (Lipinski definition) is 5. The van der Waals surface area contributed by atoms with Crippen molar-refractivity contribution in [1.29, 1.82) is 0 Å². The van der Waals surface area contributed by atoms with Crippen molar-refractivity contribution in [2.24, 2.45) is 16.5 Å². The summed E-state index contributed by atoms with van der Waals surface area (Å²) in [6.07, 6.45) is 0.323. The van der Waals surface area contributed by atoms with E-state index in [9.17, 15) is 18.0 Å². The molecule has 2 amide bonds. The second-order valence-corrected chi connectivity index (χ2v) is 6.91. The minimum atomic E-state index is -4.09. The standard InChI is InChI=1S/C14H21N5O5S/c1-9-4-6-10(7-5-9)25(23,24)19-14(22)18-11(12(20)21)3-2-8-17-13(15)16/h4-7,11H,2-3,8H2,1H3,(H,20,21)(H4,15,16,17)(H2,18,19,22)/t11-/m0/s1. The number of amides is 2. The van der Waals surface area contributed by atoms with Gasteiger partial charge >= 0.3 is 12.0 Å². The first-order valence-electron chi connectivity index (χ1n) is 7.30. The van der Waals surface area contributed by atoms with Gasteiger partial charge in [-0.1, -0.05) is 17.7 Å². The van der Waals surface area contributed by atoms with E-state index in [1.807, 2.05) is 0 Å². The Bertz CT molecular complexity index is 741. The Morgan fingerprint density at radius 1 is 1.24 bits per heavy atom. The number of aryl methyl sites for hydroxylation is 1. The number of carboxylic acids is 1. The highest BCUT2D eigenvalue weighted by Gasteiger charge is 2.23. The highest BCUT2D eigenvalue weighted by molar-refractivity contribution is 7.90. The van der Waals surface area contributed by atoms with E-state index in [2.05, 4.69) is 10.3 Å². The molecule has 25 heavy (non-hydrogen) atoms. The number of sulfonamides is 1. The lowest BCUT2D eigenvalue weighted by atomic mass is 10.1. The van der Waals surface area contributed by atoms with Crippen molar-refractivity contribution in [3.63, 3.8) is 0 Å². The molecule has 0 saturated heterocycles. The SMILES string of the molecule is Cc1ccc(S(=O)(=O)NC(=O)N[C@@H](CCCN=C(N)N)C(=O)O)cc1. The highest BCUT2D eigenvalue weighted by Crippen LogP contribution is 2.09. The molecule has 0 aliphatic heterocycles. The van der Waals surface area contributed by atoms with Crippen molar-refractivity contribution in [2.45, 2.75) is 30.7 Å². The molecule has 138 valence electrons. The summed E-state index contributed by atoms with van der Waals surface area (Å²) >= 11 is 0. The van der Waals surface area contributed by atoms with E-state index in [4.69, 9.17) is 16.6 Å². The number of nitrogens with two attached hydrogens (primary N) is 2. The van der Waals surface area contributed by atoms with Gasteiger partial charge < -0.3 is 21.9 Å². The number of guanidine groups is 1. The topological polar surface area (TPSA) is 177 Å². The molecule has 0 saturated carbocycles. The first kappa shape index (κ1) is 20.2. The fraction of sp³-hybridized carbons (Fsp3) is 0.357. The Hall–Kier alpha value is -2.82. The molecule has 0 aromatic heterocycles. The largest absolute Gasteiger partial charge is 0.480 e. The molecular weight excluding hydrogens is 350 g/mol. The van der Waals surface area contributed by atoms with Gasteiger partial charge in [0.15, 0.2) is 5.96 Å². The molecule has 1 aromatic carbocycles. The molecule has 0 unspecified atom stereocenters. The molecular formula is C14H21N5O5S. The van der Waals surface area contributed by atoms with Gasteiger partial charge in [-0.3, -0.25) is 4.99 Å². The van der Waals surface area contributed by atoms with Crippen LogP contribution in [0.25, 0.3) is 0 Å². The summed E-state index contributed by atoms with van der Waals surface area (Å²) in [4.78, 5) is 26.6. The van der Waals surface area contributed by atoms with Crippen LogP contribution in [0, 0.1) is 6.92 Å². The van der Waals surface area contributed by atoms with Crippen LogP contribution in [-0.4, -0.2) is 44.1 Å². The maximum atomic E-state index is 12.1. The van der Waals surface area contributed by atoms with Crippen LogP contribution in [0.2, 0.25) is 0 Å². The number of aliphatic carboxylic acids is 1. The molecule has 7 N–H and O–H groups in total. The van der Waals surface area contributed by atoms with E-state index in [-0.39, 0.29) is 23.8 Å². The molecule has 0 aliphatic carbocycles. The zero-order chi connectivity index (χ0) is 19.0. The van der Waals surface area contributed by atoms with Gasteiger partial charge in [0.05, 0.1) is 4.90 Å². The van der Waals surface area contributed by atoms with Crippen molar-refractivity contribution in [3.8, 4) is 0 Å². The molecule has 1 rings (SSSR count). The van der Waals surface area contributed by atoms with Crippen molar-refractivity contribution >= 4 is 28.0 Å². The van der Waals surface area contributed by atoms with Crippen LogP contribution in [0.3, 0.4) is 0 Å². The molecule has 0 radical (unpaired) electrons. The van der Waals surface area contributed by atoms with Gasteiger partial charge in [-0.15, -0.1) is 0 Å². The average Bonchev–Trinajstić information content (AvgIpc) is 2.49. The van der Waals surface area contributed by atoms with Gasteiger partial charge in [-0.05, 0) is 31.9 Å². The Balaban J connectivity index is 2.66. The Morgan fingerprint density at radius 2 is 1.84 bits per heavy atom. The van der Waals surface area contributed by atoms with E-state index in [1.165, 1.54) is 12.1 Å². The van der Waals surface area contributed by atoms with Crippen molar-refractivity contribution in [3.05, 3.63) is 29.8 Å². The van der Waals surface area contributed by atoms with Crippen LogP contribution in [0.5, 0.6) is 0 Å². The lowest BCUT2D eigenvalue weighted by Crippen LogP contribution is -2.47. The van der Waals surface area contributed by atoms with Gasteiger partial charge in [-0.2, -0.15) is 0 Å². The smallest absolute Gasteiger partial charge is 0.329 e. The quantitative estimate of drug-likeness (QED) is 0.232. The zero-order valence-corrected chi connectivity index (χ0v) is 14.4. The number of carbonyl (C=O) groups excluding carboxylic acids is 1. The normalized spacial score (nSPS) is 12.0. The Labute approximate surface area is 145 Å². The van der Waals surface area contributed by atoms with Gasteiger partial charge in [-0.25, -0.2) is 22.7 Å². The van der Waals surface area contributed by atoms with Crippen LogP contribution >= 0.6 is 0 Å². The first-order valence-corrected chi connectivity index (χ1v) is 8.78. The fourth-order valence-electron chi connectivity index (χ4n) is 1.85. The summed E-state index contributed by atoms with van der Waals surface area (Å²) in [5.74, 6) is -1.42.